The molecule has 3 aliphatic rings. The van der Waals surface area contributed by atoms with Gasteiger partial charge in [-0.05, 0) is 85.9 Å². The van der Waals surface area contributed by atoms with Gasteiger partial charge in [0.25, 0.3) is 15.0 Å². The van der Waals surface area contributed by atoms with Crippen LogP contribution in [0, 0.1) is 5.41 Å². The van der Waals surface area contributed by atoms with Crippen LogP contribution in [0.5, 0.6) is 0 Å². The number of benzene rings is 2. The van der Waals surface area contributed by atoms with Crippen molar-refractivity contribution in [2.24, 2.45) is 5.41 Å². The Morgan fingerprint density at radius 3 is 2.16 bits per heavy atom. The number of carbonyl (C=O) groups excluding carboxylic acids is 1. The SMILES string of the molecule is CS(=O)(=O)c1ccc2c(c1)C1(CCC3(CC3)CC1)CN2C(=O)c1cccc(S(=O)(=O)Cl)c1. The summed E-state index contributed by atoms with van der Waals surface area (Å²) in [4.78, 5) is 15.3. The van der Waals surface area contributed by atoms with Crippen molar-refractivity contribution in [3.63, 3.8) is 0 Å². The van der Waals surface area contributed by atoms with Gasteiger partial charge in [-0.25, -0.2) is 16.8 Å². The fourth-order valence-corrected chi connectivity index (χ4v) is 6.80. The number of fused-ring (bicyclic) bond motifs is 2. The normalized spacial score (nSPS) is 21.0. The molecule has 5 rings (SSSR count). The van der Waals surface area contributed by atoms with Crippen molar-refractivity contribution in [3.8, 4) is 0 Å². The van der Waals surface area contributed by atoms with Crippen molar-refractivity contribution in [3.05, 3.63) is 53.6 Å². The van der Waals surface area contributed by atoms with Gasteiger partial charge in [0.1, 0.15) is 0 Å². The number of anilines is 1. The van der Waals surface area contributed by atoms with Crippen molar-refractivity contribution in [2.45, 2.75) is 53.7 Å². The number of hydrogen-bond donors (Lipinski definition) is 0. The van der Waals surface area contributed by atoms with E-state index in [9.17, 15) is 21.6 Å². The molecule has 6 nitrogen and oxygen atoms in total. The fraction of sp³-hybridized carbons (Fsp3) is 0.435. The number of rotatable bonds is 3. The molecule has 0 atom stereocenters. The molecule has 0 bridgehead atoms. The summed E-state index contributed by atoms with van der Waals surface area (Å²) >= 11 is 0. The number of nitrogens with zero attached hydrogens (tertiary/aromatic N) is 1. The van der Waals surface area contributed by atoms with E-state index in [4.69, 9.17) is 10.7 Å². The predicted octanol–water partition coefficient (Wildman–Crippen LogP) is 4.27. The third kappa shape index (κ3) is 3.66. The van der Waals surface area contributed by atoms with Crippen LogP contribution in [0.4, 0.5) is 5.69 Å². The molecule has 32 heavy (non-hydrogen) atoms. The molecular formula is C23H24ClNO5S2. The van der Waals surface area contributed by atoms with E-state index in [1.807, 2.05) is 0 Å². The van der Waals surface area contributed by atoms with Crippen molar-refractivity contribution in [1.29, 1.82) is 0 Å². The zero-order chi connectivity index (χ0) is 22.9. The molecule has 170 valence electrons. The van der Waals surface area contributed by atoms with E-state index in [1.54, 1.807) is 23.1 Å². The molecule has 2 spiro atoms. The van der Waals surface area contributed by atoms with Gasteiger partial charge in [-0.3, -0.25) is 4.79 Å². The molecule has 0 radical (unpaired) electrons. The van der Waals surface area contributed by atoms with Crippen LogP contribution in [0.1, 0.15) is 54.4 Å². The van der Waals surface area contributed by atoms with Crippen molar-refractivity contribution in [1.82, 2.24) is 0 Å². The summed E-state index contributed by atoms with van der Waals surface area (Å²) in [7, 11) is -1.87. The van der Waals surface area contributed by atoms with E-state index in [-0.39, 0.29) is 26.7 Å². The molecule has 9 heteroatoms. The van der Waals surface area contributed by atoms with Crippen LogP contribution < -0.4 is 4.90 Å². The lowest BCUT2D eigenvalue weighted by molar-refractivity contribution is 0.0980. The van der Waals surface area contributed by atoms with E-state index < -0.39 is 18.9 Å². The lowest BCUT2D eigenvalue weighted by atomic mass is 9.66. The smallest absolute Gasteiger partial charge is 0.261 e. The zero-order valence-corrected chi connectivity index (χ0v) is 20.1. The molecule has 2 aromatic carbocycles. The van der Waals surface area contributed by atoms with E-state index in [2.05, 4.69) is 0 Å². The first kappa shape index (κ1) is 21.9. The van der Waals surface area contributed by atoms with Gasteiger partial charge < -0.3 is 4.90 Å². The van der Waals surface area contributed by atoms with E-state index in [1.165, 1.54) is 43.4 Å². The number of halogens is 1. The summed E-state index contributed by atoms with van der Waals surface area (Å²) in [5.74, 6) is -0.316. The van der Waals surface area contributed by atoms with Gasteiger partial charge in [0.15, 0.2) is 9.84 Å². The van der Waals surface area contributed by atoms with Crippen LogP contribution in [0.3, 0.4) is 0 Å². The van der Waals surface area contributed by atoms with Crippen LogP contribution in [0.15, 0.2) is 52.3 Å². The summed E-state index contributed by atoms with van der Waals surface area (Å²) in [5.41, 5.74) is 2.01. The van der Waals surface area contributed by atoms with Crippen molar-refractivity contribution in [2.75, 3.05) is 17.7 Å². The Bertz CT molecular complexity index is 1340. The minimum absolute atomic E-state index is 0.125. The molecule has 0 unspecified atom stereocenters. The quantitative estimate of drug-likeness (QED) is 0.596. The van der Waals surface area contributed by atoms with Crippen molar-refractivity contribution >= 4 is 41.2 Å². The van der Waals surface area contributed by atoms with Gasteiger partial charge >= 0.3 is 0 Å². The molecule has 2 fully saturated rings. The lowest BCUT2D eigenvalue weighted by Crippen LogP contribution is -2.40. The highest BCUT2D eigenvalue weighted by Crippen LogP contribution is 2.62. The van der Waals surface area contributed by atoms with Crippen LogP contribution in [0.2, 0.25) is 0 Å². The van der Waals surface area contributed by atoms with Gasteiger partial charge in [-0.2, -0.15) is 0 Å². The third-order valence-corrected chi connectivity index (χ3v) is 10.0. The monoisotopic (exact) mass is 493 g/mol. The number of carbonyl (C=O) groups is 1. The average Bonchev–Trinajstić information content (AvgIpc) is 3.44. The highest BCUT2D eigenvalue weighted by Gasteiger charge is 2.53. The van der Waals surface area contributed by atoms with E-state index in [0.717, 1.165) is 31.2 Å². The molecular weight excluding hydrogens is 470 g/mol. The molecule has 0 saturated heterocycles. The second kappa shape index (κ2) is 7.05. The fourth-order valence-electron chi connectivity index (χ4n) is 5.36. The molecule has 0 N–H and O–H groups in total. The molecule has 2 aromatic rings. The van der Waals surface area contributed by atoms with Gasteiger partial charge in [0.05, 0.1) is 9.79 Å². The number of hydrogen-bond acceptors (Lipinski definition) is 5. The zero-order valence-electron chi connectivity index (χ0n) is 17.7. The van der Waals surface area contributed by atoms with Gasteiger partial charge in [-0.15, -0.1) is 0 Å². The van der Waals surface area contributed by atoms with Crippen LogP contribution in [-0.2, 0) is 24.3 Å². The van der Waals surface area contributed by atoms with Crippen LogP contribution in [-0.4, -0.2) is 35.5 Å². The molecule has 2 saturated carbocycles. The first-order valence-electron chi connectivity index (χ1n) is 10.6. The highest BCUT2D eigenvalue weighted by atomic mass is 35.7. The van der Waals surface area contributed by atoms with Gasteiger partial charge in [0, 0.05) is 40.1 Å². The average molecular weight is 494 g/mol. The third-order valence-electron chi connectivity index (χ3n) is 7.55. The van der Waals surface area contributed by atoms with E-state index in [0.29, 0.717) is 17.6 Å². The summed E-state index contributed by atoms with van der Waals surface area (Å²) in [5, 5.41) is 0. The number of amides is 1. The second-order valence-electron chi connectivity index (χ2n) is 9.59. The Morgan fingerprint density at radius 2 is 1.56 bits per heavy atom. The Balaban J connectivity index is 1.57. The largest absolute Gasteiger partial charge is 0.307 e. The molecule has 2 aliphatic carbocycles. The molecule has 1 amide bonds. The standard InChI is InChI=1S/C23H24ClNO5S2/c1-31(27,28)17-5-6-20-19(14-17)23(11-9-22(7-8-22)10-12-23)15-25(20)21(26)16-3-2-4-18(13-16)32(24,29)30/h2-6,13-14H,7-12,15H2,1H3. The summed E-state index contributed by atoms with van der Waals surface area (Å²) in [6, 6.07) is 10.7. The van der Waals surface area contributed by atoms with Crippen molar-refractivity contribution < 1.29 is 21.6 Å². The Hall–Kier alpha value is -1.90. The second-order valence-corrected chi connectivity index (χ2v) is 14.2. The molecule has 0 aromatic heterocycles. The Kier molecular flexibility index (Phi) is 4.83. The Morgan fingerprint density at radius 1 is 0.906 bits per heavy atom. The molecule has 1 heterocycles. The van der Waals surface area contributed by atoms with Crippen LogP contribution >= 0.6 is 10.7 Å². The summed E-state index contributed by atoms with van der Waals surface area (Å²) < 4.78 is 48.0. The number of sulfone groups is 1. The molecule has 1 aliphatic heterocycles. The Labute approximate surface area is 192 Å². The lowest BCUT2D eigenvalue weighted by Gasteiger charge is -2.38. The highest BCUT2D eigenvalue weighted by molar-refractivity contribution is 8.13. The summed E-state index contributed by atoms with van der Waals surface area (Å²) in [6.45, 7) is 0.461. The van der Waals surface area contributed by atoms with E-state index >= 15 is 0 Å². The topological polar surface area (TPSA) is 88.6 Å². The van der Waals surface area contributed by atoms with Gasteiger partial charge in [0.2, 0.25) is 0 Å². The maximum absolute atomic E-state index is 13.5. The maximum Gasteiger partial charge on any atom is 0.261 e. The maximum atomic E-state index is 13.5. The first-order chi connectivity index (χ1) is 14.9. The van der Waals surface area contributed by atoms with Gasteiger partial charge in [-0.1, -0.05) is 6.07 Å². The minimum atomic E-state index is -3.96. The predicted molar refractivity (Wildman–Crippen MR) is 123 cm³/mol. The van der Waals surface area contributed by atoms with Crippen LogP contribution in [0.25, 0.3) is 0 Å². The first-order valence-corrected chi connectivity index (χ1v) is 14.8. The summed E-state index contributed by atoms with van der Waals surface area (Å²) in [6.07, 6.45) is 7.68. The minimum Gasteiger partial charge on any atom is -0.307 e.